The monoisotopic (exact) mass is 289 g/mol. The van der Waals surface area contributed by atoms with E-state index in [2.05, 4.69) is 0 Å². The highest BCUT2D eigenvalue weighted by Gasteiger charge is 2.54. The van der Waals surface area contributed by atoms with Crippen molar-refractivity contribution in [3.05, 3.63) is 0 Å². The molecule has 1 aliphatic rings. The number of sulfonamides is 1. The molecule has 9 heteroatoms. The van der Waals surface area contributed by atoms with Gasteiger partial charge in [0.2, 0.25) is 0 Å². The van der Waals surface area contributed by atoms with Crippen LogP contribution in [0, 0.1) is 5.41 Å². The predicted octanol–water partition coefficient (Wildman–Crippen LogP) is 1.41. The van der Waals surface area contributed by atoms with E-state index in [0.29, 0.717) is 0 Å². The van der Waals surface area contributed by atoms with E-state index in [9.17, 15) is 26.4 Å². The zero-order valence-electron chi connectivity index (χ0n) is 9.70. The first-order valence-corrected chi connectivity index (χ1v) is 6.80. The molecule has 5 nitrogen and oxygen atoms in total. The predicted molar refractivity (Wildman–Crippen MR) is 56.1 cm³/mol. The fourth-order valence-corrected chi connectivity index (χ4v) is 3.13. The van der Waals surface area contributed by atoms with E-state index < -0.39 is 33.5 Å². The molecule has 1 unspecified atom stereocenters. The van der Waals surface area contributed by atoms with Crippen molar-refractivity contribution in [2.45, 2.75) is 31.7 Å². The maximum atomic E-state index is 12.4. The van der Waals surface area contributed by atoms with Crippen molar-refractivity contribution < 1.29 is 31.5 Å². The van der Waals surface area contributed by atoms with Crippen LogP contribution in [0.1, 0.15) is 26.2 Å². The zero-order valence-corrected chi connectivity index (χ0v) is 10.5. The first kappa shape index (κ1) is 15.2. The first-order chi connectivity index (χ1) is 8.07. The molecule has 0 spiro atoms. The Balaban J connectivity index is 3.05. The molecule has 0 bridgehead atoms. The van der Waals surface area contributed by atoms with E-state index in [-0.39, 0.29) is 30.1 Å². The van der Waals surface area contributed by atoms with Gasteiger partial charge in [0.15, 0.2) is 0 Å². The van der Waals surface area contributed by atoms with Gasteiger partial charge in [-0.2, -0.15) is 17.5 Å². The Hall–Kier alpha value is -0.830. The second kappa shape index (κ2) is 4.69. The first-order valence-electron chi connectivity index (χ1n) is 5.36. The van der Waals surface area contributed by atoms with E-state index in [1.807, 2.05) is 0 Å². The Bertz CT molecular complexity index is 434. The van der Waals surface area contributed by atoms with E-state index in [1.165, 1.54) is 6.92 Å². The number of hydrogen-bond acceptors (Lipinski definition) is 3. The van der Waals surface area contributed by atoms with Crippen LogP contribution in [0.2, 0.25) is 0 Å². The Labute approximate surface area is 103 Å². The van der Waals surface area contributed by atoms with Crippen LogP contribution in [-0.4, -0.2) is 42.4 Å². The van der Waals surface area contributed by atoms with Crippen LogP contribution >= 0.6 is 0 Å². The number of carbonyl (C=O) groups is 1. The highest BCUT2D eigenvalue weighted by molar-refractivity contribution is 7.90. The normalized spacial score (nSPS) is 27.1. The highest BCUT2D eigenvalue weighted by Crippen LogP contribution is 2.37. The van der Waals surface area contributed by atoms with Gasteiger partial charge in [-0.05, 0) is 19.3 Å². The van der Waals surface area contributed by atoms with Crippen molar-refractivity contribution in [2.75, 3.05) is 13.1 Å². The Morgan fingerprint density at radius 1 is 1.44 bits per heavy atom. The number of piperidine rings is 1. The lowest BCUT2D eigenvalue weighted by molar-refractivity contribution is -0.151. The number of carboxylic acid groups (broad SMARTS) is 1. The van der Waals surface area contributed by atoms with Crippen LogP contribution < -0.4 is 0 Å². The van der Waals surface area contributed by atoms with Gasteiger partial charge in [-0.15, -0.1) is 0 Å². The van der Waals surface area contributed by atoms with Crippen molar-refractivity contribution in [3.63, 3.8) is 0 Å². The van der Waals surface area contributed by atoms with Gasteiger partial charge in [0.25, 0.3) is 0 Å². The Morgan fingerprint density at radius 2 is 2.00 bits per heavy atom. The molecule has 1 N–H and O–H groups in total. The molecular formula is C9H14F3NO4S. The van der Waals surface area contributed by atoms with Crippen molar-refractivity contribution in [2.24, 2.45) is 5.41 Å². The summed E-state index contributed by atoms with van der Waals surface area (Å²) in [6, 6.07) is 0. The molecule has 1 fully saturated rings. The van der Waals surface area contributed by atoms with E-state index in [4.69, 9.17) is 5.11 Å². The van der Waals surface area contributed by atoms with Crippen molar-refractivity contribution in [1.29, 1.82) is 0 Å². The molecule has 0 saturated carbocycles. The molecule has 0 aromatic carbocycles. The Morgan fingerprint density at radius 3 is 2.39 bits per heavy atom. The number of alkyl halides is 3. The number of halogens is 3. The Kier molecular flexibility index (Phi) is 3.97. The van der Waals surface area contributed by atoms with Crippen LogP contribution in [0.25, 0.3) is 0 Å². The molecule has 1 saturated heterocycles. The van der Waals surface area contributed by atoms with E-state index >= 15 is 0 Å². The molecule has 18 heavy (non-hydrogen) atoms. The third-order valence-electron chi connectivity index (χ3n) is 3.30. The van der Waals surface area contributed by atoms with Gasteiger partial charge in [-0.1, -0.05) is 6.92 Å². The van der Waals surface area contributed by atoms with Crippen molar-refractivity contribution >= 4 is 16.0 Å². The van der Waals surface area contributed by atoms with Crippen LogP contribution in [-0.2, 0) is 14.8 Å². The van der Waals surface area contributed by atoms with Gasteiger partial charge in [-0.25, -0.2) is 8.42 Å². The molecule has 0 aromatic heterocycles. The fourth-order valence-electron chi connectivity index (χ4n) is 2.06. The van der Waals surface area contributed by atoms with Gasteiger partial charge >= 0.3 is 21.5 Å². The standard InChI is InChI=1S/C9H14F3NO4S/c1-2-8(7(14)15)4-3-5-13(6-8)18(16,17)9(10,11)12/h2-6H2,1H3,(H,14,15). The van der Waals surface area contributed by atoms with Crippen molar-refractivity contribution in [1.82, 2.24) is 4.31 Å². The smallest absolute Gasteiger partial charge is 0.481 e. The number of aliphatic carboxylic acids is 1. The average molecular weight is 289 g/mol. The summed E-state index contributed by atoms with van der Waals surface area (Å²) in [5.74, 6) is -1.26. The highest BCUT2D eigenvalue weighted by atomic mass is 32.2. The minimum absolute atomic E-state index is 0.0895. The summed E-state index contributed by atoms with van der Waals surface area (Å²) in [6.45, 7) is 0.607. The van der Waals surface area contributed by atoms with Crippen LogP contribution in [0.15, 0.2) is 0 Å². The summed E-state index contributed by atoms with van der Waals surface area (Å²) in [5.41, 5.74) is -6.81. The summed E-state index contributed by atoms with van der Waals surface area (Å²) >= 11 is 0. The topological polar surface area (TPSA) is 74.7 Å². The maximum absolute atomic E-state index is 12.4. The third-order valence-corrected chi connectivity index (χ3v) is 4.88. The largest absolute Gasteiger partial charge is 0.511 e. The lowest BCUT2D eigenvalue weighted by Gasteiger charge is -2.38. The minimum atomic E-state index is -5.44. The molecule has 1 aliphatic heterocycles. The molecule has 0 amide bonds. The molecule has 1 heterocycles. The molecular weight excluding hydrogens is 275 g/mol. The molecule has 0 aliphatic carbocycles. The van der Waals surface area contributed by atoms with Gasteiger partial charge in [0, 0.05) is 13.1 Å². The summed E-state index contributed by atoms with van der Waals surface area (Å²) < 4.78 is 59.9. The number of rotatable bonds is 3. The van der Waals surface area contributed by atoms with Gasteiger partial charge in [0.1, 0.15) is 0 Å². The number of carboxylic acids is 1. The van der Waals surface area contributed by atoms with E-state index in [0.717, 1.165) is 0 Å². The summed E-state index contributed by atoms with van der Waals surface area (Å²) in [4.78, 5) is 11.1. The van der Waals surface area contributed by atoms with Crippen LogP contribution in [0.4, 0.5) is 13.2 Å². The third kappa shape index (κ3) is 2.46. The zero-order chi connectivity index (χ0) is 14.2. The van der Waals surface area contributed by atoms with Crippen LogP contribution in [0.5, 0.6) is 0 Å². The van der Waals surface area contributed by atoms with E-state index in [1.54, 1.807) is 0 Å². The van der Waals surface area contributed by atoms with Gasteiger partial charge < -0.3 is 5.11 Å². The quantitative estimate of drug-likeness (QED) is 0.852. The second-order valence-corrected chi connectivity index (χ2v) is 6.26. The molecule has 0 aromatic rings. The lowest BCUT2D eigenvalue weighted by Crippen LogP contribution is -2.52. The molecule has 0 radical (unpaired) electrons. The average Bonchev–Trinajstić information content (AvgIpc) is 2.27. The molecule has 1 atom stereocenters. The summed E-state index contributed by atoms with van der Waals surface area (Å²) in [6.07, 6.45) is 0.379. The fraction of sp³-hybridized carbons (Fsp3) is 0.889. The molecule has 1 rings (SSSR count). The molecule has 106 valence electrons. The van der Waals surface area contributed by atoms with Crippen LogP contribution in [0.3, 0.4) is 0 Å². The van der Waals surface area contributed by atoms with Gasteiger partial charge in [0.05, 0.1) is 5.41 Å². The second-order valence-electron chi connectivity index (χ2n) is 4.33. The SMILES string of the molecule is CCC1(C(=O)O)CCCN(S(=O)(=O)C(F)(F)F)C1. The summed E-state index contributed by atoms with van der Waals surface area (Å²) in [7, 11) is -5.44. The number of hydrogen-bond donors (Lipinski definition) is 1. The minimum Gasteiger partial charge on any atom is -0.481 e. The van der Waals surface area contributed by atoms with Gasteiger partial charge in [-0.3, -0.25) is 4.79 Å². The summed E-state index contributed by atoms with van der Waals surface area (Å²) in [5, 5.41) is 9.07. The number of nitrogens with zero attached hydrogens (tertiary/aromatic N) is 1. The maximum Gasteiger partial charge on any atom is 0.511 e. The van der Waals surface area contributed by atoms with Crippen molar-refractivity contribution in [3.8, 4) is 0 Å². The lowest BCUT2D eigenvalue weighted by atomic mass is 9.78.